The summed E-state index contributed by atoms with van der Waals surface area (Å²) in [5.74, 6) is -7.51. The first kappa shape index (κ1) is 27.7. The Labute approximate surface area is 176 Å². The molecule has 0 aromatic carbocycles. The molecule has 15 nitrogen and oxygen atoms in total. The zero-order valence-corrected chi connectivity index (χ0v) is 16.8. The summed E-state index contributed by atoms with van der Waals surface area (Å²) in [4.78, 5) is 69.7. The second-order valence-electron chi connectivity index (χ2n) is 6.73. The lowest BCUT2D eigenvalue weighted by atomic mass is 10.1. The fourth-order valence-corrected chi connectivity index (χ4v) is 2.26. The Kier molecular flexibility index (Phi) is 11.1. The minimum Gasteiger partial charge on any atom is -0.481 e. The van der Waals surface area contributed by atoms with Gasteiger partial charge in [0.1, 0.15) is 12.1 Å². The van der Waals surface area contributed by atoms with Crippen molar-refractivity contribution in [3.63, 3.8) is 0 Å². The molecule has 6 unspecified atom stereocenters. The van der Waals surface area contributed by atoms with Gasteiger partial charge in [0.05, 0.1) is 31.1 Å². The molecule has 176 valence electrons. The highest BCUT2D eigenvalue weighted by molar-refractivity contribution is 5.96. The number of hydrogen-bond acceptors (Lipinski definition) is 9. The maximum Gasteiger partial charge on any atom is 0.328 e. The number of aliphatic hydroxyl groups excluding tert-OH is 2. The van der Waals surface area contributed by atoms with E-state index in [1.165, 1.54) is 0 Å². The zero-order valence-electron chi connectivity index (χ0n) is 16.8. The molecule has 0 aromatic heterocycles. The second-order valence-corrected chi connectivity index (χ2v) is 6.73. The molecule has 0 heterocycles. The van der Waals surface area contributed by atoms with Crippen molar-refractivity contribution >= 4 is 35.6 Å². The summed E-state index contributed by atoms with van der Waals surface area (Å²) in [7, 11) is 0. The summed E-state index contributed by atoms with van der Waals surface area (Å²) in [5, 5.41) is 43.1. The molecule has 0 spiro atoms. The van der Waals surface area contributed by atoms with Crippen LogP contribution in [0.2, 0.25) is 0 Å². The van der Waals surface area contributed by atoms with E-state index < -0.39 is 84.8 Å². The van der Waals surface area contributed by atoms with E-state index in [1.54, 1.807) is 0 Å². The Bertz CT molecular complexity index is 711. The third-order valence-electron chi connectivity index (χ3n) is 3.88. The molecule has 0 rings (SSSR count). The molecular formula is C16H27N5O10. The fraction of sp³-hybridized carbons (Fsp3) is 0.625. The topological polar surface area (TPSA) is 271 Å². The number of carboxylic acid groups (broad SMARTS) is 2. The molecular weight excluding hydrogens is 422 g/mol. The number of nitrogens with one attached hydrogen (secondary N) is 3. The van der Waals surface area contributed by atoms with E-state index >= 15 is 0 Å². The summed E-state index contributed by atoms with van der Waals surface area (Å²) >= 11 is 0. The number of primary amides is 1. The van der Waals surface area contributed by atoms with Gasteiger partial charge in [-0.25, -0.2) is 4.79 Å². The van der Waals surface area contributed by atoms with Gasteiger partial charge >= 0.3 is 11.9 Å². The number of carbonyl (C=O) groups is 6. The van der Waals surface area contributed by atoms with E-state index in [0.29, 0.717) is 0 Å². The summed E-state index contributed by atoms with van der Waals surface area (Å²) in [6, 6.07) is -6.75. The third-order valence-corrected chi connectivity index (χ3v) is 3.88. The average molecular weight is 449 g/mol. The maximum absolute atomic E-state index is 12.5. The molecule has 6 atom stereocenters. The molecule has 0 aliphatic heterocycles. The van der Waals surface area contributed by atoms with Gasteiger partial charge in [-0.2, -0.15) is 0 Å². The van der Waals surface area contributed by atoms with Crippen molar-refractivity contribution < 1.29 is 49.2 Å². The first-order chi connectivity index (χ1) is 14.2. The minimum absolute atomic E-state index is 0.556. The number of aliphatic carboxylic acids is 2. The molecule has 0 fully saturated rings. The summed E-state index contributed by atoms with van der Waals surface area (Å²) in [6.45, 7) is 2.17. The standard InChI is InChI=1S/C16H27N5O10/c1-5(22)11(20-13(27)7(17)3-9(18)24)15(29)19-8(4-10(25)26)14(28)21-12(6(2)23)16(30)31/h5-8,11-12,22-23H,3-4,17H2,1-2H3,(H2,18,24)(H,19,29)(H,20,27)(H,21,28)(H,25,26)(H,30,31). The number of amides is 4. The van der Waals surface area contributed by atoms with Crippen LogP contribution in [0.4, 0.5) is 0 Å². The van der Waals surface area contributed by atoms with Gasteiger partial charge in [-0.1, -0.05) is 0 Å². The normalized spacial score (nSPS) is 16.5. The van der Waals surface area contributed by atoms with Crippen molar-refractivity contribution in [2.75, 3.05) is 0 Å². The molecule has 0 bridgehead atoms. The van der Waals surface area contributed by atoms with Crippen molar-refractivity contribution in [2.24, 2.45) is 11.5 Å². The van der Waals surface area contributed by atoms with Crippen molar-refractivity contribution in [3.05, 3.63) is 0 Å². The number of carbonyl (C=O) groups excluding carboxylic acids is 4. The number of hydrogen-bond donors (Lipinski definition) is 9. The molecule has 4 amide bonds. The highest BCUT2D eigenvalue weighted by Crippen LogP contribution is 2.02. The summed E-state index contributed by atoms with van der Waals surface area (Å²) in [6.07, 6.45) is -4.62. The number of aliphatic hydroxyl groups is 2. The predicted molar refractivity (Wildman–Crippen MR) is 101 cm³/mol. The quantitative estimate of drug-likeness (QED) is 0.128. The van der Waals surface area contributed by atoms with Gasteiger partial charge in [-0.3, -0.25) is 24.0 Å². The van der Waals surface area contributed by atoms with Crippen LogP contribution in [0, 0.1) is 0 Å². The average Bonchev–Trinajstić information content (AvgIpc) is 2.60. The SMILES string of the molecule is CC(O)C(NC(=O)C(CC(=O)O)NC(=O)C(NC(=O)C(N)CC(N)=O)C(C)O)C(=O)O. The van der Waals surface area contributed by atoms with Gasteiger partial charge in [-0.15, -0.1) is 0 Å². The molecule has 0 aliphatic carbocycles. The van der Waals surface area contributed by atoms with Gasteiger partial charge in [0.2, 0.25) is 23.6 Å². The Morgan fingerprint density at radius 1 is 0.774 bits per heavy atom. The number of carboxylic acids is 2. The minimum atomic E-state index is -1.82. The van der Waals surface area contributed by atoms with E-state index in [4.69, 9.17) is 21.7 Å². The molecule has 0 saturated carbocycles. The molecule has 15 heteroatoms. The van der Waals surface area contributed by atoms with Crippen LogP contribution >= 0.6 is 0 Å². The fourth-order valence-electron chi connectivity index (χ4n) is 2.26. The van der Waals surface area contributed by atoms with Crippen molar-refractivity contribution in [1.82, 2.24) is 16.0 Å². The monoisotopic (exact) mass is 449 g/mol. The molecule has 31 heavy (non-hydrogen) atoms. The first-order valence-corrected chi connectivity index (χ1v) is 8.93. The second kappa shape index (κ2) is 12.4. The molecule has 11 N–H and O–H groups in total. The third kappa shape index (κ3) is 9.83. The number of rotatable bonds is 13. The maximum atomic E-state index is 12.5. The van der Waals surface area contributed by atoms with Crippen LogP contribution in [0.15, 0.2) is 0 Å². The molecule has 0 aromatic rings. The largest absolute Gasteiger partial charge is 0.481 e. The predicted octanol–water partition coefficient (Wildman–Crippen LogP) is -5.04. The Hall–Kier alpha value is -3.30. The van der Waals surface area contributed by atoms with Gasteiger partial charge in [0, 0.05) is 0 Å². The summed E-state index contributed by atoms with van der Waals surface area (Å²) in [5.41, 5.74) is 10.4. The van der Waals surface area contributed by atoms with Crippen LogP contribution in [0.1, 0.15) is 26.7 Å². The number of nitrogens with two attached hydrogens (primary N) is 2. The molecule has 0 saturated heterocycles. The molecule has 0 aliphatic rings. The van der Waals surface area contributed by atoms with Crippen LogP contribution in [0.5, 0.6) is 0 Å². The summed E-state index contributed by atoms with van der Waals surface area (Å²) < 4.78 is 0. The Balaban J connectivity index is 5.46. The van der Waals surface area contributed by atoms with Gasteiger partial charge in [0.15, 0.2) is 6.04 Å². The van der Waals surface area contributed by atoms with Crippen molar-refractivity contribution in [2.45, 2.75) is 63.1 Å². The Morgan fingerprint density at radius 3 is 1.65 bits per heavy atom. The highest BCUT2D eigenvalue weighted by atomic mass is 16.4. The van der Waals surface area contributed by atoms with E-state index in [0.717, 1.165) is 13.8 Å². The first-order valence-electron chi connectivity index (χ1n) is 8.93. The lowest BCUT2D eigenvalue weighted by Gasteiger charge is -2.26. The van der Waals surface area contributed by atoms with Crippen LogP contribution in [0.25, 0.3) is 0 Å². The van der Waals surface area contributed by atoms with E-state index in [1.807, 2.05) is 16.0 Å². The van der Waals surface area contributed by atoms with E-state index in [-0.39, 0.29) is 0 Å². The van der Waals surface area contributed by atoms with Gasteiger partial charge in [-0.05, 0) is 13.8 Å². The van der Waals surface area contributed by atoms with Gasteiger partial charge < -0.3 is 47.8 Å². The lowest BCUT2D eigenvalue weighted by molar-refractivity contribution is -0.146. The van der Waals surface area contributed by atoms with Gasteiger partial charge in [0.25, 0.3) is 0 Å². The Morgan fingerprint density at radius 2 is 1.26 bits per heavy atom. The van der Waals surface area contributed by atoms with E-state index in [2.05, 4.69) is 0 Å². The van der Waals surface area contributed by atoms with Crippen LogP contribution in [0.3, 0.4) is 0 Å². The van der Waals surface area contributed by atoms with Crippen molar-refractivity contribution in [1.29, 1.82) is 0 Å². The van der Waals surface area contributed by atoms with Crippen LogP contribution in [-0.2, 0) is 28.8 Å². The van der Waals surface area contributed by atoms with Crippen LogP contribution in [-0.4, -0.2) is 92.4 Å². The zero-order chi connectivity index (χ0) is 24.5. The lowest BCUT2D eigenvalue weighted by Crippen LogP contribution is -2.60. The van der Waals surface area contributed by atoms with Crippen molar-refractivity contribution in [3.8, 4) is 0 Å². The molecule has 0 radical (unpaired) electrons. The van der Waals surface area contributed by atoms with E-state index in [9.17, 15) is 39.0 Å². The smallest absolute Gasteiger partial charge is 0.328 e. The highest BCUT2D eigenvalue weighted by Gasteiger charge is 2.34. The van der Waals surface area contributed by atoms with Crippen LogP contribution < -0.4 is 27.4 Å².